The summed E-state index contributed by atoms with van der Waals surface area (Å²) in [5.41, 5.74) is 2.32. The zero-order chi connectivity index (χ0) is 9.40. The van der Waals surface area contributed by atoms with Gasteiger partial charge >= 0.3 is 0 Å². The molecule has 0 aromatic heterocycles. The first-order valence-electron chi connectivity index (χ1n) is 4.44. The Balaban J connectivity index is 4.02. The Kier molecular flexibility index (Phi) is 6.16. The molecular formula is C11H19N. The highest BCUT2D eigenvalue weighted by atomic mass is 14.8. The number of likely N-dealkylation sites (N-methyl/N-ethyl adjacent to an activating group) is 1. The van der Waals surface area contributed by atoms with E-state index in [9.17, 15) is 0 Å². The second-order valence-corrected chi connectivity index (χ2v) is 2.72. The number of nitrogens with one attached hydrogen (secondary N) is 1. The first kappa shape index (κ1) is 11.0. The van der Waals surface area contributed by atoms with Crippen molar-refractivity contribution in [3.05, 3.63) is 36.1 Å². The maximum absolute atomic E-state index is 3.81. The smallest absolute Gasteiger partial charge is 0.0264 e. The molecule has 0 rings (SSSR count). The van der Waals surface area contributed by atoms with Crippen LogP contribution in [0, 0.1) is 0 Å². The fraction of sp³-hybridized carbons (Fsp3) is 0.455. The molecule has 12 heavy (non-hydrogen) atoms. The Hall–Kier alpha value is -0.980. The monoisotopic (exact) mass is 165 g/mol. The summed E-state index contributed by atoms with van der Waals surface area (Å²) >= 11 is 0. The second kappa shape index (κ2) is 6.71. The fourth-order valence-corrected chi connectivity index (χ4v) is 0.904. The molecule has 0 saturated carbocycles. The van der Waals surface area contributed by atoms with Crippen LogP contribution in [0.1, 0.15) is 26.7 Å². The predicted molar refractivity (Wildman–Crippen MR) is 56.0 cm³/mol. The van der Waals surface area contributed by atoms with Gasteiger partial charge in [0.15, 0.2) is 0 Å². The summed E-state index contributed by atoms with van der Waals surface area (Å²) in [7, 11) is 1.88. The molecule has 0 bridgehead atoms. The Bertz CT molecular complexity index is 187. The van der Waals surface area contributed by atoms with Crippen LogP contribution in [-0.4, -0.2) is 7.05 Å². The topological polar surface area (TPSA) is 12.0 Å². The van der Waals surface area contributed by atoms with E-state index in [4.69, 9.17) is 0 Å². The third-order valence-electron chi connectivity index (χ3n) is 1.73. The maximum Gasteiger partial charge on any atom is 0.0264 e. The number of hydrogen-bond acceptors (Lipinski definition) is 1. The molecule has 0 amide bonds. The Morgan fingerprint density at radius 2 is 2.08 bits per heavy atom. The molecule has 0 aliphatic rings. The van der Waals surface area contributed by atoms with Gasteiger partial charge in [0.2, 0.25) is 0 Å². The summed E-state index contributed by atoms with van der Waals surface area (Å²) in [5.74, 6) is 0. The van der Waals surface area contributed by atoms with Crippen molar-refractivity contribution in [1.82, 2.24) is 5.32 Å². The van der Waals surface area contributed by atoms with Crippen molar-refractivity contribution in [2.24, 2.45) is 0 Å². The van der Waals surface area contributed by atoms with Crippen LogP contribution in [0.2, 0.25) is 0 Å². The van der Waals surface area contributed by atoms with Crippen LogP contribution < -0.4 is 5.32 Å². The van der Waals surface area contributed by atoms with E-state index >= 15 is 0 Å². The van der Waals surface area contributed by atoms with Crippen molar-refractivity contribution < 1.29 is 0 Å². The summed E-state index contributed by atoms with van der Waals surface area (Å²) in [4.78, 5) is 0. The van der Waals surface area contributed by atoms with E-state index in [1.165, 1.54) is 12.0 Å². The maximum atomic E-state index is 3.81. The molecule has 0 fully saturated rings. The van der Waals surface area contributed by atoms with Crippen molar-refractivity contribution in [3.8, 4) is 0 Å². The van der Waals surface area contributed by atoms with Crippen molar-refractivity contribution in [1.29, 1.82) is 0 Å². The molecule has 0 saturated heterocycles. The van der Waals surface area contributed by atoms with Gasteiger partial charge in [-0.2, -0.15) is 0 Å². The summed E-state index contributed by atoms with van der Waals surface area (Å²) in [6, 6.07) is 0. The van der Waals surface area contributed by atoms with Crippen molar-refractivity contribution >= 4 is 0 Å². The average Bonchev–Trinajstić information content (AvgIpc) is 2.11. The molecule has 0 aromatic rings. The lowest BCUT2D eigenvalue weighted by Gasteiger charge is -1.99. The van der Waals surface area contributed by atoms with Crippen LogP contribution in [-0.2, 0) is 0 Å². The first-order valence-corrected chi connectivity index (χ1v) is 4.44. The van der Waals surface area contributed by atoms with Crippen LogP contribution in [0.3, 0.4) is 0 Å². The summed E-state index contributed by atoms with van der Waals surface area (Å²) < 4.78 is 0. The van der Waals surface area contributed by atoms with Gasteiger partial charge in [-0.15, -0.1) is 0 Å². The largest absolute Gasteiger partial charge is 0.389 e. The molecule has 0 atom stereocenters. The lowest BCUT2D eigenvalue weighted by Crippen LogP contribution is -2.00. The van der Waals surface area contributed by atoms with Crippen LogP contribution in [0.25, 0.3) is 0 Å². The molecule has 1 nitrogen and oxygen atoms in total. The van der Waals surface area contributed by atoms with E-state index in [0.29, 0.717) is 0 Å². The summed E-state index contributed by atoms with van der Waals surface area (Å²) in [6.07, 6.45) is 8.59. The Morgan fingerprint density at radius 3 is 2.50 bits per heavy atom. The lowest BCUT2D eigenvalue weighted by molar-refractivity contribution is 0.922. The van der Waals surface area contributed by atoms with Crippen LogP contribution >= 0.6 is 0 Å². The SMILES string of the molecule is C=C(/C=C\C(=C/C)CCC)NC. The molecule has 1 heteroatoms. The van der Waals surface area contributed by atoms with Crippen LogP contribution in [0.15, 0.2) is 36.1 Å². The van der Waals surface area contributed by atoms with Gasteiger partial charge in [0.05, 0.1) is 0 Å². The third kappa shape index (κ3) is 4.78. The molecule has 0 unspecified atom stereocenters. The van der Waals surface area contributed by atoms with E-state index in [1.807, 2.05) is 13.1 Å². The van der Waals surface area contributed by atoms with Crippen LogP contribution in [0.4, 0.5) is 0 Å². The normalized spacial score (nSPS) is 12.1. The third-order valence-corrected chi connectivity index (χ3v) is 1.73. The molecule has 0 heterocycles. The number of hydrogen-bond donors (Lipinski definition) is 1. The standard InChI is InChI=1S/C11H19N/c1-5-7-11(6-2)9-8-10(3)12-4/h6,8-9,12H,3,5,7H2,1-2,4H3/b9-8-,11-6-. The van der Waals surface area contributed by atoms with E-state index in [-0.39, 0.29) is 0 Å². The molecular weight excluding hydrogens is 146 g/mol. The van der Waals surface area contributed by atoms with Gasteiger partial charge in [-0.1, -0.05) is 37.6 Å². The van der Waals surface area contributed by atoms with Crippen molar-refractivity contribution in [2.75, 3.05) is 7.05 Å². The molecule has 0 aliphatic heterocycles. The number of rotatable bonds is 5. The molecule has 68 valence electrons. The summed E-state index contributed by atoms with van der Waals surface area (Å²) in [6.45, 7) is 8.07. The van der Waals surface area contributed by atoms with Crippen molar-refractivity contribution in [3.63, 3.8) is 0 Å². The van der Waals surface area contributed by atoms with Gasteiger partial charge in [-0.05, 0) is 19.4 Å². The highest BCUT2D eigenvalue weighted by molar-refractivity contribution is 5.24. The average molecular weight is 165 g/mol. The van der Waals surface area contributed by atoms with E-state index in [2.05, 4.69) is 37.9 Å². The zero-order valence-electron chi connectivity index (χ0n) is 8.35. The molecule has 1 N–H and O–H groups in total. The van der Waals surface area contributed by atoms with Gasteiger partial charge in [0.1, 0.15) is 0 Å². The minimum atomic E-state index is 0.949. The zero-order valence-corrected chi connectivity index (χ0v) is 8.35. The quantitative estimate of drug-likeness (QED) is 0.617. The van der Waals surface area contributed by atoms with Gasteiger partial charge < -0.3 is 5.32 Å². The number of allylic oxidation sites excluding steroid dienone is 4. The molecule has 0 radical (unpaired) electrons. The van der Waals surface area contributed by atoms with E-state index < -0.39 is 0 Å². The van der Waals surface area contributed by atoms with Crippen LogP contribution in [0.5, 0.6) is 0 Å². The molecule has 0 spiro atoms. The fourth-order valence-electron chi connectivity index (χ4n) is 0.904. The minimum Gasteiger partial charge on any atom is -0.389 e. The Labute approximate surface area is 75.9 Å². The highest BCUT2D eigenvalue weighted by Crippen LogP contribution is 2.06. The van der Waals surface area contributed by atoms with Gasteiger partial charge in [-0.25, -0.2) is 0 Å². The van der Waals surface area contributed by atoms with E-state index in [0.717, 1.165) is 12.1 Å². The Morgan fingerprint density at radius 1 is 1.42 bits per heavy atom. The lowest BCUT2D eigenvalue weighted by atomic mass is 10.1. The van der Waals surface area contributed by atoms with Gasteiger partial charge in [0.25, 0.3) is 0 Å². The minimum absolute atomic E-state index is 0.949. The van der Waals surface area contributed by atoms with E-state index in [1.54, 1.807) is 0 Å². The van der Waals surface area contributed by atoms with Gasteiger partial charge in [0, 0.05) is 12.7 Å². The first-order chi connectivity index (χ1) is 5.74. The van der Waals surface area contributed by atoms with Crippen molar-refractivity contribution in [2.45, 2.75) is 26.7 Å². The predicted octanol–water partition coefficient (Wildman–Crippen LogP) is 3.02. The highest BCUT2D eigenvalue weighted by Gasteiger charge is 1.87. The second-order valence-electron chi connectivity index (χ2n) is 2.72. The molecule has 0 aliphatic carbocycles. The van der Waals surface area contributed by atoms with Gasteiger partial charge in [-0.3, -0.25) is 0 Å². The molecule has 0 aromatic carbocycles. The summed E-state index contributed by atoms with van der Waals surface area (Å²) in [5, 5.41) is 2.98.